The molecule has 1 aromatic heterocycles. The maximum atomic E-state index is 12.7. The van der Waals surface area contributed by atoms with E-state index in [4.69, 9.17) is 0 Å². The molecule has 3 rings (SSSR count). The predicted octanol–water partition coefficient (Wildman–Crippen LogP) is 3.57. The first-order valence-electron chi connectivity index (χ1n) is 8.01. The van der Waals surface area contributed by atoms with Crippen molar-refractivity contribution in [2.24, 2.45) is 11.3 Å². The topological polar surface area (TPSA) is 72.0 Å². The van der Waals surface area contributed by atoms with E-state index in [1.54, 1.807) is 18.2 Å². The minimum Gasteiger partial charge on any atom is -0.208 e. The van der Waals surface area contributed by atoms with Crippen molar-refractivity contribution < 1.29 is 8.42 Å². The molecule has 1 heterocycles. The number of nitrogens with zero attached hydrogens (tertiary/aromatic N) is 2. The largest absolute Gasteiger partial charge is 0.243 e. The quantitative estimate of drug-likeness (QED) is 0.915. The molecule has 1 saturated carbocycles. The van der Waals surface area contributed by atoms with Crippen LogP contribution in [0.2, 0.25) is 0 Å². The summed E-state index contributed by atoms with van der Waals surface area (Å²) in [6.45, 7) is 6.79. The van der Waals surface area contributed by atoms with Crippen molar-refractivity contribution in [3.8, 4) is 0 Å². The van der Waals surface area contributed by atoms with Gasteiger partial charge in [0.2, 0.25) is 10.0 Å². The zero-order valence-corrected chi connectivity index (χ0v) is 15.4. The Kier molecular flexibility index (Phi) is 4.46. The standard InChI is InChI=1S/C16H23N3O2S2/c1-16(2,3)11-7-9-12(10-8-11)19-23(20,21)14-6-4-5-13-15(14)18-22-17-13/h4-6,11-12,19H,7-10H2,1-3H3. The second-order valence-electron chi connectivity index (χ2n) is 7.42. The van der Waals surface area contributed by atoms with Gasteiger partial charge in [-0.25, -0.2) is 13.1 Å². The van der Waals surface area contributed by atoms with Crippen LogP contribution in [-0.4, -0.2) is 23.2 Å². The first kappa shape index (κ1) is 16.8. The third-order valence-corrected chi connectivity index (χ3v) is 6.91. The number of nitrogens with one attached hydrogen (secondary N) is 1. The van der Waals surface area contributed by atoms with Gasteiger partial charge < -0.3 is 0 Å². The monoisotopic (exact) mass is 353 g/mol. The molecule has 1 aromatic carbocycles. The normalized spacial score (nSPS) is 23.3. The van der Waals surface area contributed by atoms with Crippen molar-refractivity contribution in [1.82, 2.24) is 13.5 Å². The Morgan fingerprint density at radius 1 is 1.13 bits per heavy atom. The number of benzene rings is 1. The second-order valence-corrected chi connectivity index (χ2v) is 9.63. The molecule has 1 fully saturated rings. The Morgan fingerprint density at radius 2 is 1.83 bits per heavy atom. The van der Waals surface area contributed by atoms with Crippen LogP contribution >= 0.6 is 11.7 Å². The van der Waals surface area contributed by atoms with E-state index in [0.29, 0.717) is 22.4 Å². The summed E-state index contributed by atoms with van der Waals surface area (Å²) in [5.41, 5.74) is 1.39. The Hall–Kier alpha value is -1.05. The van der Waals surface area contributed by atoms with Gasteiger partial charge >= 0.3 is 0 Å². The molecular weight excluding hydrogens is 330 g/mol. The molecule has 5 nitrogen and oxygen atoms in total. The number of aromatic nitrogens is 2. The molecule has 0 amide bonds. The van der Waals surface area contributed by atoms with Gasteiger partial charge in [0, 0.05) is 6.04 Å². The summed E-state index contributed by atoms with van der Waals surface area (Å²) >= 11 is 1.04. The lowest BCUT2D eigenvalue weighted by atomic mass is 9.71. The summed E-state index contributed by atoms with van der Waals surface area (Å²) < 4.78 is 36.6. The number of hydrogen-bond acceptors (Lipinski definition) is 5. The smallest absolute Gasteiger partial charge is 0.208 e. The van der Waals surface area contributed by atoms with Crippen LogP contribution in [0, 0.1) is 11.3 Å². The number of hydrogen-bond donors (Lipinski definition) is 1. The first-order chi connectivity index (χ1) is 10.8. The van der Waals surface area contributed by atoms with E-state index in [0.717, 1.165) is 37.4 Å². The maximum absolute atomic E-state index is 12.7. The van der Waals surface area contributed by atoms with Crippen LogP contribution in [0.1, 0.15) is 46.5 Å². The number of sulfonamides is 1. The zero-order valence-electron chi connectivity index (χ0n) is 13.7. The van der Waals surface area contributed by atoms with E-state index in [-0.39, 0.29) is 10.9 Å². The van der Waals surface area contributed by atoms with Gasteiger partial charge in [-0.15, -0.1) is 0 Å². The minimum absolute atomic E-state index is 0.0143. The molecule has 1 N–H and O–H groups in total. The van der Waals surface area contributed by atoms with E-state index in [1.165, 1.54) is 0 Å². The lowest BCUT2D eigenvalue weighted by Crippen LogP contribution is -2.39. The SMILES string of the molecule is CC(C)(C)C1CCC(NS(=O)(=O)c2cccc3nsnc23)CC1. The summed E-state index contributed by atoms with van der Waals surface area (Å²) in [5.74, 6) is 0.662. The van der Waals surface area contributed by atoms with Gasteiger partial charge in [-0.1, -0.05) is 26.8 Å². The molecule has 1 aliphatic rings. The zero-order chi connectivity index (χ0) is 16.7. The molecule has 0 atom stereocenters. The van der Waals surface area contributed by atoms with E-state index >= 15 is 0 Å². The molecule has 7 heteroatoms. The van der Waals surface area contributed by atoms with Crippen molar-refractivity contribution >= 4 is 32.8 Å². The van der Waals surface area contributed by atoms with Crippen LogP contribution in [0.25, 0.3) is 11.0 Å². The molecule has 0 aliphatic heterocycles. The van der Waals surface area contributed by atoms with Gasteiger partial charge in [0.1, 0.15) is 15.9 Å². The molecular formula is C16H23N3O2S2. The fourth-order valence-electron chi connectivity index (χ4n) is 3.36. The Balaban J connectivity index is 1.74. The summed E-state index contributed by atoms with van der Waals surface area (Å²) in [4.78, 5) is 0.238. The third kappa shape index (κ3) is 3.56. The highest BCUT2D eigenvalue weighted by Gasteiger charge is 2.32. The molecule has 0 radical (unpaired) electrons. The van der Waals surface area contributed by atoms with Crippen molar-refractivity contribution in [3.05, 3.63) is 18.2 Å². The summed E-state index contributed by atoms with van der Waals surface area (Å²) in [7, 11) is -3.56. The lowest BCUT2D eigenvalue weighted by molar-refractivity contribution is 0.166. The molecule has 23 heavy (non-hydrogen) atoms. The maximum Gasteiger partial charge on any atom is 0.243 e. The lowest BCUT2D eigenvalue weighted by Gasteiger charge is -2.37. The molecule has 0 spiro atoms. The van der Waals surface area contributed by atoms with Crippen LogP contribution in [-0.2, 0) is 10.0 Å². The van der Waals surface area contributed by atoms with Gasteiger partial charge in [0.25, 0.3) is 0 Å². The molecule has 126 valence electrons. The van der Waals surface area contributed by atoms with Gasteiger partial charge in [0.05, 0.1) is 11.7 Å². The molecule has 1 aliphatic carbocycles. The first-order valence-corrected chi connectivity index (χ1v) is 10.2. The second kappa shape index (κ2) is 6.11. The highest BCUT2D eigenvalue weighted by molar-refractivity contribution is 7.89. The molecule has 2 aromatic rings. The minimum atomic E-state index is -3.56. The average Bonchev–Trinajstić information content (AvgIpc) is 2.94. The van der Waals surface area contributed by atoms with Crippen molar-refractivity contribution in [1.29, 1.82) is 0 Å². The van der Waals surface area contributed by atoms with E-state index in [1.807, 2.05) is 0 Å². The predicted molar refractivity (Wildman–Crippen MR) is 92.9 cm³/mol. The van der Waals surface area contributed by atoms with E-state index in [2.05, 4.69) is 34.2 Å². The van der Waals surface area contributed by atoms with Crippen molar-refractivity contribution in [2.45, 2.75) is 57.4 Å². The van der Waals surface area contributed by atoms with Crippen LogP contribution in [0.3, 0.4) is 0 Å². The highest BCUT2D eigenvalue weighted by atomic mass is 32.2. The molecule has 0 bridgehead atoms. The number of fused-ring (bicyclic) bond motifs is 1. The average molecular weight is 354 g/mol. The fraction of sp³-hybridized carbons (Fsp3) is 0.625. The van der Waals surface area contributed by atoms with Crippen LogP contribution < -0.4 is 4.72 Å². The van der Waals surface area contributed by atoms with Gasteiger partial charge in [-0.05, 0) is 49.1 Å². The van der Waals surface area contributed by atoms with Gasteiger partial charge in [0.15, 0.2) is 0 Å². The molecule has 0 unspecified atom stereocenters. The van der Waals surface area contributed by atoms with E-state index in [9.17, 15) is 8.42 Å². The fourth-order valence-corrected chi connectivity index (χ4v) is 5.43. The van der Waals surface area contributed by atoms with Gasteiger partial charge in [-0.3, -0.25) is 0 Å². The third-order valence-electron chi connectivity index (χ3n) is 4.81. The highest BCUT2D eigenvalue weighted by Crippen LogP contribution is 2.38. The summed E-state index contributed by atoms with van der Waals surface area (Å²) in [5, 5.41) is 0. The van der Waals surface area contributed by atoms with Crippen LogP contribution in [0.4, 0.5) is 0 Å². The van der Waals surface area contributed by atoms with Crippen LogP contribution in [0.15, 0.2) is 23.1 Å². The van der Waals surface area contributed by atoms with Crippen molar-refractivity contribution in [3.63, 3.8) is 0 Å². The molecule has 0 saturated heterocycles. The van der Waals surface area contributed by atoms with Crippen LogP contribution in [0.5, 0.6) is 0 Å². The Labute approximate surface area is 141 Å². The van der Waals surface area contributed by atoms with Crippen molar-refractivity contribution in [2.75, 3.05) is 0 Å². The Bertz CT molecular complexity index is 785. The Morgan fingerprint density at radius 3 is 2.48 bits per heavy atom. The summed E-state index contributed by atoms with van der Waals surface area (Å²) in [6.07, 6.45) is 3.93. The summed E-state index contributed by atoms with van der Waals surface area (Å²) in [6, 6.07) is 5.12. The van der Waals surface area contributed by atoms with E-state index < -0.39 is 10.0 Å². The number of rotatable bonds is 3. The van der Waals surface area contributed by atoms with Gasteiger partial charge in [-0.2, -0.15) is 8.75 Å².